The summed E-state index contributed by atoms with van der Waals surface area (Å²) in [4.78, 5) is 0. The molecule has 2 aliphatic carbocycles. The summed E-state index contributed by atoms with van der Waals surface area (Å²) >= 11 is -3.35. The van der Waals surface area contributed by atoms with E-state index in [0.29, 0.717) is 0 Å². The molecular formula is C26H52Cl2HfSi3. The van der Waals surface area contributed by atoms with Crippen LogP contribution in [0.5, 0.6) is 0 Å². The van der Waals surface area contributed by atoms with E-state index in [4.69, 9.17) is 0 Å². The molecule has 0 amide bonds. The van der Waals surface area contributed by atoms with Crippen LogP contribution in [-0.2, 0) is 17.1 Å². The molecule has 2 rings (SSSR count). The van der Waals surface area contributed by atoms with Crippen LogP contribution in [0.2, 0.25) is 48.6 Å². The van der Waals surface area contributed by atoms with E-state index in [0.717, 1.165) is 0 Å². The van der Waals surface area contributed by atoms with Gasteiger partial charge in [-0.1, -0.05) is 0 Å². The molecule has 0 fully saturated rings. The van der Waals surface area contributed by atoms with Crippen LogP contribution in [-0.4, -0.2) is 23.1 Å². The van der Waals surface area contributed by atoms with Gasteiger partial charge in [0.2, 0.25) is 0 Å². The normalized spacial score (nSPS) is 17.8. The maximum atomic E-state index is 2.81. The third kappa shape index (κ3) is 7.53. The minimum absolute atomic E-state index is 0. The number of unbranched alkanes of at least 4 members (excludes halogenated alkanes) is 2. The summed E-state index contributed by atoms with van der Waals surface area (Å²) < 4.78 is 9.61. The fourth-order valence-electron chi connectivity index (χ4n) is 5.41. The molecule has 32 heavy (non-hydrogen) atoms. The first kappa shape index (κ1) is 33.1. The standard InChI is InChI=1S/2C12H21Si.2CH3.2ClH.Hf.H2Si/c2*1-5-6-7-11-8-9-12(10-11)13(2,3)4;;;;;;/h2*10H,5-8H2,1-4H3;2*1H3;2*1H;;1H2. The molecular weight excluding hydrogens is 646 g/mol. The first-order chi connectivity index (χ1) is 13.6. The molecule has 0 nitrogen and oxygen atoms in total. The summed E-state index contributed by atoms with van der Waals surface area (Å²) in [6, 6.07) is 0. The zero-order valence-corrected chi connectivity index (χ0v) is 31.5. The van der Waals surface area contributed by atoms with Crippen molar-refractivity contribution in [2.45, 2.75) is 114 Å². The van der Waals surface area contributed by atoms with Crippen LogP contribution in [0, 0.1) is 0 Å². The van der Waals surface area contributed by atoms with E-state index in [1.54, 1.807) is 11.1 Å². The van der Waals surface area contributed by atoms with E-state index in [2.05, 4.69) is 81.6 Å². The summed E-state index contributed by atoms with van der Waals surface area (Å²) in [5.41, 5.74) is 3.52. The van der Waals surface area contributed by atoms with E-state index in [9.17, 15) is 0 Å². The first-order valence-electron chi connectivity index (χ1n) is 12.5. The molecule has 0 aromatic heterocycles. The monoisotopic (exact) mass is 698 g/mol. The van der Waals surface area contributed by atoms with Crippen molar-refractivity contribution in [2.24, 2.45) is 0 Å². The molecule has 0 unspecified atom stereocenters. The van der Waals surface area contributed by atoms with Crippen molar-refractivity contribution >= 4 is 47.9 Å². The van der Waals surface area contributed by atoms with Gasteiger partial charge in [-0.15, -0.1) is 24.8 Å². The average molecular weight is 698 g/mol. The van der Waals surface area contributed by atoms with Crippen molar-refractivity contribution < 1.29 is 17.1 Å². The fourth-order valence-corrected chi connectivity index (χ4v) is 45.1. The molecule has 0 saturated carbocycles. The third-order valence-corrected chi connectivity index (χ3v) is 37.4. The van der Waals surface area contributed by atoms with Crippen molar-refractivity contribution in [1.82, 2.24) is 0 Å². The Morgan fingerprint density at radius 3 is 1.28 bits per heavy atom. The molecule has 0 aromatic rings. The Bertz CT molecular complexity index is 806. The molecule has 6 heteroatoms. The van der Waals surface area contributed by atoms with Crippen LogP contribution in [0.3, 0.4) is 0 Å². The van der Waals surface area contributed by atoms with Gasteiger partial charge in [-0.05, 0) is 0 Å². The minimum atomic E-state index is -3.35. The van der Waals surface area contributed by atoms with E-state index >= 15 is 0 Å². The minimum Gasteiger partial charge on any atom is -0.147 e. The molecule has 0 aromatic carbocycles. The second-order valence-corrected chi connectivity index (χ2v) is 64.2. The van der Waals surface area contributed by atoms with Crippen molar-refractivity contribution in [3.8, 4) is 0 Å². The second-order valence-electron chi connectivity index (χ2n) is 13.1. The maximum Gasteiger partial charge on any atom is -0.147 e. The quantitative estimate of drug-likeness (QED) is 0.200. The van der Waals surface area contributed by atoms with Crippen LogP contribution in [0.25, 0.3) is 0 Å². The van der Waals surface area contributed by atoms with Gasteiger partial charge in [0.05, 0.1) is 0 Å². The molecule has 0 atom stereocenters. The molecule has 0 aliphatic heterocycles. The van der Waals surface area contributed by atoms with Crippen molar-refractivity contribution in [1.29, 1.82) is 0 Å². The van der Waals surface area contributed by atoms with Gasteiger partial charge in [0.25, 0.3) is 0 Å². The van der Waals surface area contributed by atoms with E-state index < -0.39 is 33.3 Å². The van der Waals surface area contributed by atoms with Crippen molar-refractivity contribution in [2.75, 3.05) is 0 Å². The summed E-state index contributed by atoms with van der Waals surface area (Å²) in [5.74, 6) is 0. The zero-order valence-electron chi connectivity index (χ0n) is 22.8. The molecule has 0 spiro atoms. The predicted octanol–water partition coefficient (Wildman–Crippen LogP) is 9.47. The molecule has 0 saturated heterocycles. The Labute approximate surface area is 217 Å². The number of allylic oxidation sites excluding steroid dienone is 8. The van der Waals surface area contributed by atoms with E-state index in [-0.39, 0.29) is 24.8 Å². The Kier molecular flexibility index (Phi) is 12.3. The van der Waals surface area contributed by atoms with Crippen LogP contribution in [0.1, 0.15) is 65.2 Å². The number of hydrogen-bond donors (Lipinski definition) is 0. The van der Waals surface area contributed by atoms with Crippen LogP contribution < -0.4 is 0 Å². The van der Waals surface area contributed by atoms with Gasteiger partial charge in [0, 0.05) is 0 Å². The van der Waals surface area contributed by atoms with Gasteiger partial charge < -0.3 is 0 Å². The van der Waals surface area contributed by atoms with Gasteiger partial charge in [0.15, 0.2) is 0 Å². The van der Waals surface area contributed by atoms with E-state index in [1.807, 2.05) is 17.1 Å². The van der Waals surface area contributed by atoms with Crippen molar-refractivity contribution in [3.63, 3.8) is 0 Å². The SMILES string of the molecule is CCCCC1=CC([Si](C)(C)C)=[C]([Hf]([CH3])([CH3])(=[SiH2])[C]2=C([Si](C)(C)C)C=C(CCCC)C2)C1.Cl.Cl. The Morgan fingerprint density at radius 2 is 1.03 bits per heavy atom. The topological polar surface area (TPSA) is 0 Å². The fraction of sp³-hybridized carbons (Fsp3) is 0.692. The average Bonchev–Trinajstić information content (AvgIpc) is 3.22. The second kappa shape index (κ2) is 11.9. The summed E-state index contributed by atoms with van der Waals surface area (Å²) in [7, 11) is -2.70. The molecule has 0 N–H and O–H groups in total. The summed E-state index contributed by atoms with van der Waals surface area (Å²) in [5, 5.41) is 3.71. The number of halogens is 2. The molecule has 0 radical (unpaired) electrons. The molecule has 2 aliphatic rings. The van der Waals surface area contributed by atoms with E-state index in [1.165, 1.54) is 51.4 Å². The predicted molar refractivity (Wildman–Crippen MR) is 160 cm³/mol. The summed E-state index contributed by atoms with van der Waals surface area (Å²) in [6.45, 7) is 22.7. The summed E-state index contributed by atoms with van der Waals surface area (Å²) in [6.07, 6.45) is 16.0. The maximum absolute atomic E-state index is 3.35. The largest absolute Gasteiger partial charge is 0.147 e. The number of rotatable bonds is 10. The third-order valence-electron chi connectivity index (χ3n) is 7.41. The first-order valence-corrected chi connectivity index (χ1v) is 38.7. The van der Waals surface area contributed by atoms with Gasteiger partial charge >= 0.3 is 194 Å². The van der Waals surface area contributed by atoms with Crippen LogP contribution >= 0.6 is 24.8 Å². The smallest absolute Gasteiger partial charge is 0.147 e. The Morgan fingerprint density at radius 1 is 0.719 bits per heavy atom. The van der Waals surface area contributed by atoms with Crippen LogP contribution in [0.4, 0.5) is 0 Å². The van der Waals surface area contributed by atoms with Crippen molar-refractivity contribution in [3.05, 3.63) is 40.4 Å². The number of hydrogen-bond acceptors (Lipinski definition) is 0. The molecule has 186 valence electrons. The van der Waals surface area contributed by atoms with Crippen LogP contribution in [0.15, 0.2) is 40.4 Å². The molecule has 0 heterocycles. The Hall–Kier alpha value is 1.06. The Balaban J connectivity index is 0.00000480. The molecule has 0 bridgehead atoms. The van der Waals surface area contributed by atoms with Gasteiger partial charge in [-0.25, -0.2) is 0 Å². The van der Waals surface area contributed by atoms with Gasteiger partial charge in [0.1, 0.15) is 0 Å². The zero-order chi connectivity index (χ0) is 23.0. The van der Waals surface area contributed by atoms with Gasteiger partial charge in [-0.2, -0.15) is 0 Å². The van der Waals surface area contributed by atoms with Gasteiger partial charge in [-0.3, -0.25) is 0 Å².